The number of nitrogens with one attached hydrogen (secondary N) is 3. The van der Waals surface area contributed by atoms with E-state index in [0.29, 0.717) is 51.2 Å². The van der Waals surface area contributed by atoms with Gasteiger partial charge in [0.15, 0.2) is 23.0 Å². The number of methoxy groups -OCH3 is 1. The standard InChI is InChI=1S/C22H22N10O2/c1-12-8-9-16(28-27-12)25-17-10-15(18-21(26-17)30-32(3)22(18)33)24-14-7-5-6-13(19(14)34-4)20-23-11-31(2)29-20/h5-11H,1-4H3,(H3,24,25,26,28,30). The first kappa shape index (κ1) is 21.1. The van der Waals surface area contributed by atoms with E-state index >= 15 is 0 Å². The van der Waals surface area contributed by atoms with E-state index in [1.807, 2.05) is 31.2 Å². The van der Waals surface area contributed by atoms with Gasteiger partial charge in [0, 0.05) is 20.2 Å². The Bertz CT molecular complexity index is 1550. The van der Waals surface area contributed by atoms with Crippen molar-refractivity contribution in [3.63, 3.8) is 0 Å². The molecule has 4 heterocycles. The first-order valence-corrected chi connectivity index (χ1v) is 10.4. The molecule has 4 aromatic heterocycles. The van der Waals surface area contributed by atoms with Crippen LogP contribution in [-0.4, -0.2) is 46.8 Å². The average Bonchev–Trinajstić information content (AvgIpc) is 3.38. The summed E-state index contributed by atoms with van der Waals surface area (Å²) in [4.78, 5) is 21.7. The second-order valence-electron chi connectivity index (χ2n) is 7.69. The number of benzene rings is 1. The summed E-state index contributed by atoms with van der Waals surface area (Å²) in [6.07, 6.45) is 1.62. The van der Waals surface area contributed by atoms with Gasteiger partial charge in [-0.05, 0) is 31.2 Å². The maximum Gasteiger partial charge on any atom is 0.277 e. The monoisotopic (exact) mass is 458 g/mol. The zero-order valence-corrected chi connectivity index (χ0v) is 19.0. The van der Waals surface area contributed by atoms with E-state index < -0.39 is 0 Å². The lowest BCUT2D eigenvalue weighted by molar-refractivity contribution is 0.418. The largest absolute Gasteiger partial charge is 0.494 e. The van der Waals surface area contributed by atoms with Crippen molar-refractivity contribution in [2.75, 3.05) is 17.7 Å². The molecule has 5 aromatic rings. The molecule has 0 aliphatic rings. The number of aromatic amines is 1. The molecular weight excluding hydrogens is 436 g/mol. The number of aromatic nitrogens is 8. The lowest BCUT2D eigenvalue weighted by Gasteiger charge is -2.15. The number of rotatable bonds is 6. The number of hydrogen-bond acceptors (Lipinski definition) is 9. The Morgan fingerprint density at radius 3 is 2.59 bits per heavy atom. The molecule has 0 spiro atoms. The van der Waals surface area contributed by atoms with Gasteiger partial charge in [-0.25, -0.2) is 9.97 Å². The number of fused-ring (bicyclic) bond motifs is 1. The summed E-state index contributed by atoms with van der Waals surface area (Å²) in [6.45, 7) is 1.86. The fourth-order valence-corrected chi connectivity index (χ4v) is 3.62. The number of hydrogen-bond donors (Lipinski definition) is 3. The van der Waals surface area contributed by atoms with Crippen molar-refractivity contribution >= 4 is 34.0 Å². The number of anilines is 4. The second kappa shape index (κ2) is 8.31. The second-order valence-corrected chi connectivity index (χ2v) is 7.69. The van der Waals surface area contributed by atoms with Crippen LogP contribution in [-0.2, 0) is 14.1 Å². The van der Waals surface area contributed by atoms with Gasteiger partial charge in [0.2, 0.25) is 0 Å². The van der Waals surface area contributed by atoms with E-state index in [1.165, 1.54) is 4.68 Å². The summed E-state index contributed by atoms with van der Waals surface area (Å²) in [5.74, 6) is 2.09. The third kappa shape index (κ3) is 3.81. The minimum absolute atomic E-state index is 0.215. The van der Waals surface area contributed by atoms with Gasteiger partial charge in [-0.3, -0.25) is 19.3 Å². The molecule has 12 nitrogen and oxygen atoms in total. The number of ether oxygens (including phenoxy) is 1. The Labute approximate surface area is 193 Å². The van der Waals surface area contributed by atoms with Crippen molar-refractivity contribution in [3.8, 4) is 17.1 Å². The first-order chi connectivity index (χ1) is 16.4. The Balaban J connectivity index is 1.61. The quantitative estimate of drug-likeness (QED) is 0.350. The molecule has 0 bridgehead atoms. The zero-order valence-electron chi connectivity index (χ0n) is 19.0. The normalized spacial score (nSPS) is 11.1. The van der Waals surface area contributed by atoms with Gasteiger partial charge < -0.3 is 15.4 Å². The Hall–Kier alpha value is -4.74. The molecular formula is C22H22N10O2. The molecule has 12 heteroatoms. The van der Waals surface area contributed by atoms with Gasteiger partial charge in [-0.15, -0.1) is 5.10 Å². The third-order valence-corrected chi connectivity index (χ3v) is 5.19. The van der Waals surface area contributed by atoms with Crippen LogP contribution in [0.1, 0.15) is 5.69 Å². The molecule has 0 atom stereocenters. The van der Waals surface area contributed by atoms with Crippen LogP contribution in [0.15, 0.2) is 47.5 Å². The van der Waals surface area contributed by atoms with E-state index in [4.69, 9.17) is 4.74 Å². The molecule has 34 heavy (non-hydrogen) atoms. The minimum atomic E-state index is -0.215. The van der Waals surface area contributed by atoms with Crippen LogP contribution in [0.5, 0.6) is 5.75 Å². The molecule has 0 radical (unpaired) electrons. The van der Waals surface area contributed by atoms with Gasteiger partial charge in [0.05, 0.1) is 29.7 Å². The van der Waals surface area contributed by atoms with Crippen molar-refractivity contribution in [1.29, 1.82) is 0 Å². The predicted molar refractivity (Wildman–Crippen MR) is 128 cm³/mol. The smallest absolute Gasteiger partial charge is 0.277 e. The highest BCUT2D eigenvalue weighted by atomic mass is 16.5. The molecule has 0 unspecified atom stereocenters. The van der Waals surface area contributed by atoms with E-state index in [2.05, 4.69) is 41.0 Å². The van der Waals surface area contributed by atoms with Crippen LogP contribution in [0.25, 0.3) is 22.4 Å². The highest BCUT2D eigenvalue weighted by molar-refractivity contribution is 5.94. The lowest BCUT2D eigenvalue weighted by atomic mass is 10.1. The molecule has 1 aromatic carbocycles. The molecule has 0 saturated carbocycles. The van der Waals surface area contributed by atoms with Crippen molar-refractivity contribution < 1.29 is 4.74 Å². The summed E-state index contributed by atoms with van der Waals surface area (Å²) < 4.78 is 8.71. The Kier molecular flexibility index (Phi) is 5.17. The van der Waals surface area contributed by atoms with Crippen LogP contribution >= 0.6 is 0 Å². The van der Waals surface area contributed by atoms with Crippen molar-refractivity contribution in [2.24, 2.45) is 14.1 Å². The highest BCUT2D eigenvalue weighted by Gasteiger charge is 2.18. The Morgan fingerprint density at radius 1 is 1.03 bits per heavy atom. The van der Waals surface area contributed by atoms with Crippen LogP contribution in [0.2, 0.25) is 0 Å². The molecule has 0 aliphatic carbocycles. The Morgan fingerprint density at radius 2 is 1.88 bits per heavy atom. The lowest BCUT2D eigenvalue weighted by Crippen LogP contribution is -2.12. The summed E-state index contributed by atoms with van der Waals surface area (Å²) in [7, 11) is 5.02. The fourth-order valence-electron chi connectivity index (χ4n) is 3.62. The molecule has 0 amide bonds. The number of H-pyrrole nitrogens is 1. The van der Waals surface area contributed by atoms with Gasteiger partial charge in [-0.1, -0.05) is 6.07 Å². The summed E-state index contributed by atoms with van der Waals surface area (Å²) in [5, 5.41) is 22.4. The van der Waals surface area contributed by atoms with Crippen LogP contribution in [0.4, 0.5) is 23.0 Å². The maximum atomic E-state index is 12.8. The van der Waals surface area contributed by atoms with Gasteiger partial charge in [0.1, 0.15) is 17.5 Å². The molecule has 3 N–H and O–H groups in total. The number of nitrogens with zero attached hydrogens (tertiary/aromatic N) is 7. The van der Waals surface area contributed by atoms with E-state index in [9.17, 15) is 4.79 Å². The maximum absolute atomic E-state index is 12.8. The van der Waals surface area contributed by atoms with Crippen LogP contribution < -0.4 is 20.9 Å². The van der Waals surface area contributed by atoms with Gasteiger partial charge in [0.25, 0.3) is 5.56 Å². The molecule has 0 saturated heterocycles. The van der Waals surface area contributed by atoms with E-state index in [0.717, 1.165) is 5.69 Å². The van der Waals surface area contributed by atoms with Crippen LogP contribution in [0.3, 0.4) is 0 Å². The summed E-state index contributed by atoms with van der Waals surface area (Å²) in [5.41, 5.74) is 2.91. The van der Waals surface area contributed by atoms with E-state index in [1.54, 1.807) is 44.3 Å². The molecule has 0 aliphatic heterocycles. The molecule has 172 valence electrons. The first-order valence-electron chi connectivity index (χ1n) is 10.4. The van der Waals surface area contributed by atoms with Gasteiger partial charge in [-0.2, -0.15) is 10.2 Å². The number of pyridine rings is 1. The van der Waals surface area contributed by atoms with Gasteiger partial charge >= 0.3 is 0 Å². The van der Waals surface area contributed by atoms with E-state index in [-0.39, 0.29) is 5.56 Å². The SMILES string of the molecule is COc1c(Nc2cc(Nc3ccc(C)nn3)nc3[nH]n(C)c(=O)c23)cccc1-c1ncn(C)n1. The molecule has 5 rings (SSSR count). The summed E-state index contributed by atoms with van der Waals surface area (Å²) >= 11 is 0. The van der Waals surface area contributed by atoms with Crippen molar-refractivity contribution in [1.82, 2.24) is 39.7 Å². The minimum Gasteiger partial charge on any atom is -0.494 e. The van der Waals surface area contributed by atoms with Crippen molar-refractivity contribution in [3.05, 3.63) is 58.8 Å². The number of aryl methyl sites for hydroxylation is 3. The van der Waals surface area contributed by atoms with Crippen LogP contribution in [0, 0.1) is 6.92 Å². The number of para-hydroxylation sites is 1. The van der Waals surface area contributed by atoms with Crippen molar-refractivity contribution in [2.45, 2.75) is 6.92 Å². The highest BCUT2D eigenvalue weighted by Crippen LogP contribution is 2.37. The molecule has 0 fully saturated rings. The predicted octanol–water partition coefficient (Wildman–Crippen LogP) is 2.65. The average molecular weight is 458 g/mol. The zero-order chi connectivity index (χ0) is 23.8. The summed E-state index contributed by atoms with van der Waals surface area (Å²) in [6, 6.07) is 11.0. The topological polar surface area (TPSA) is 140 Å². The fraction of sp³-hybridized carbons (Fsp3) is 0.182. The third-order valence-electron chi connectivity index (χ3n) is 5.19.